The van der Waals surface area contributed by atoms with Gasteiger partial charge >= 0.3 is 6.61 Å². The molecule has 1 aromatic heterocycles. The van der Waals surface area contributed by atoms with Gasteiger partial charge in [-0.3, -0.25) is 0 Å². The molecule has 7 nitrogen and oxygen atoms in total. The lowest BCUT2D eigenvalue weighted by atomic mass is 10.1. The van der Waals surface area contributed by atoms with Crippen LogP contribution >= 0.6 is 0 Å². The number of alkyl halides is 2. The molecule has 0 unspecified atom stereocenters. The van der Waals surface area contributed by atoms with E-state index in [1.165, 1.54) is 12.1 Å². The van der Waals surface area contributed by atoms with Gasteiger partial charge in [0.1, 0.15) is 17.2 Å². The van der Waals surface area contributed by atoms with E-state index in [2.05, 4.69) is 37.2 Å². The third-order valence-corrected chi connectivity index (χ3v) is 4.27. The maximum absolute atomic E-state index is 12.3. The summed E-state index contributed by atoms with van der Waals surface area (Å²) in [5, 5.41) is 21.6. The summed E-state index contributed by atoms with van der Waals surface area (Å²) in [4.78, 5) is 6.66. The van der Waals surface area contributed by atoms with E-state index in [0.29, 0.717) is 22.9 Å². The molecule has 0 saturated carbocycles. The SMILES string of the molecule is Cc1nc(N[C@@H]2CCCN(C)C2)nnc1-c1ccc(OC(F)F)cc1O. The van der Waals surface area contributed by atoms with Crippen LogP contribution in [-0.4, -0.2) is 58.0 Å². The molecular formula is C17H21F2N5O2. The van der Waals surface area contributed by atoms with Crippen LogP contribution < -0.4 is 10.1 Å². The summed E-state index contributed by atoms with van der Waals surface area (Å²) in [5.41, 5.74) is 1.31. The quantitative estimate of drug-likeness (QED) is 0.843. The van der Waals surface area contributed by atoms with E-state index < -0.39 is 6.61 Å². The molecule has 0 bridgehead atoms. The molecule has 1 aliphatic rings. The largest absolute Gasteiger partial charge is 0.507 e. The van der Waals surface area contributed by atoms with Gasteiger partial charge in [0.25, 0.3) is 0 Å². The Kier molecular flexibility index (Phi) is 5.46. The van der Waals surface area contributed by atoms with Crippen LogP contribution in [0.2, 0.25) is 0 Å². The first-order chi connectivity index (χ1) is 12.4. The number of aryl methyl sites for hydroxylation is 1. The number of aromatic nitrogens is 3. The summed E-state index contributed by atoms with van der Waals surface area (Å²) in [6.07, 6.45) is 2.15. The van der Waals surface area contributed by atoms with Crippen LogP contribution in [-0.2, 0) is 0 Å². The number of nitrogens with zero attached hydrogens (tertiary/aromatic N) is 4. The van der Waals surface area contributed by atoms with Crippen molar-refractivity contribution in [2.75, 3.05) is 25.5 Å². The number of likely N-dealkylation sites (tertiary alicyclic amines) is 1. The zero-order valence-electron chi connectivity index (χ0n) is 14.6. The number of ether oxygens (including phenoxy) is 1. The Hall–Kier alpha value is -2.55. The number of halogens is 2. The first-order valence-corrected chi connectivity index (χ1v) is 8.37. The standard InChI is InChI=1S/C17H21F2N5O2/c1-10-15(13-6-5-12(8-14(13)25)26-16(18)19)22-23-17(20-10)21-11-4-3-7-24(2)9-11/h5-6,8,11,16,25H,3-4,7,9H2,1-2H3,(H,20,21,23)/t11-/m1/s1. The van der Waals surface area contributed by atoms with Gasteiger partial charge in [-0.25, -0.2) is 4.98 Å². The van der Waals surface area contributed by atoms with E-state index in [0.717, 1.165) is 32.0 Å². The summed E-state index contributed by atoms with van der Waals surface area (Å²) in [7, 11) is 2.07. The van der Waals surface area contributed by atoms with Crippen molar-refractivity contribution in [3.63, 3.8) is 0 Å². The highest BCUT2D eigenvalue weighted by molar-refractivity contribution is 5.69. The lowest BCUT2D eigenvalue weighted by molar-refractivity contribution is -0.0499. The number of piperidine rings is 1. The number of aromatic hydroxyl groups is 1. The number of phenols is 1. The van der Waals surface area contributed by atoms with Gasteiger partial charge in [-0.2, -0.15) is 8.78 Å². The molecule has 1 atom stereocenters. The van der Waals surface area contributed by atoms with E-state index >= 15 is 0 Å². The number of hydrogen-bond acceptors (Lipinski definition) is 7. The molecule has 0 radical (unpaired) electrons. The fraction of sp³-hybridized carbons (Fsp3) is 0.471. The molecule has 3 rings (SSSR count). The first-order valence-electron chi connectivity index (χ1n) is 8.37. The van der Waals surface area contributed by atoms with Crippen molar-refractivity contribution in [3.05, 3.63) is 23.9 Å². The Labute approximate surface area is 150 Å². The number of benzene rings is 1. The summed E-state index contributed by atoms with van der Waals surface area (Å²) in [6.45, 7) is 0.800. The molecule has 0 aliphatic carbocycles. The van der Waals surface area contributed by atoms with Gasteiger partial charge < -0.3 is 20.1 Å². The van der Waals surface area contributed by atoms with Gasteiger partial charge in [-0.05, 0) is 45.5 Å². The number of phenolic OH excluding ortho intramolecular Hbond substituents is 1. The third-order valence-electron chi connectivity index (χ3n) is 4.27. The zero-order valence-corrected chi connectivity index (χ0v) is 14.6. The second-order valence-electron chi connectivity index (χ2n) is 6.37. The van der Waals surface area contributed by atoms with Crippen LogP contribution in [0, 0.1) is 6.92 Å². The summed E-state index contributed by atoms with van der Waals surface area (Å²) >= 11 is 0. The second kappa shape index (κ2) is 7.77. The van der Waals surface area contributed by atoms with Crippen molar-refractivity contribution in [1.82, 2.24) is 20.1 Å². The van der Waals surface area contributed by atoms with Crippen LogP contribution in [0.1, 0.15) is 18.5 Å². The molecule has 1 aromatic carbocycles. The summed E-state index contributed by atoms with van der Waals surface area (Å²) in [6, 6.07) is 4.17. The second-order valence-corrected chi connectivity index (χ2v) is 6.37. The monoisotopic (exact) mass is 365 g/mol. The van der Waals surface area contributed by atoms with E-state index in [-0.39, 0.29) is 17.5 Å². The minimum absolute atomic E-state index is 0.125. The average Bonchev–Trinajstić information content (AvgIpc) is 2.55. The highest BCUT2D eigenvalue weighted by Gasteiger charge is 2.19. The van der Waals surface area contributed by atoms with Crippen LogP contribution in [0.3, 0.4) is 0 Å². The molecule has 2 aromatic rings. The molecule has 1 saturated heterocycles. The number of hydrogen-bond donors (Lipinski definition) is 2. The van der Waals surface area contributed by atoms with Crippen LogP contribution in [0.15, 0.2) is 18.2 Å². The fourth-order valence-electron chi connectivity index (χ4n) is 3.07. The molecule has 26 heavy (non-hydrogen) atoms. The van der Waals surface area contributed by atoms with Crippen molar-refractivity contribution < 1.29 is 18.6 Å². The molecule has 2 heterocycles. The van der Waals surface area contributed by atoms with Crippen LogP contribution in [0.5, 0.6) is 11.5 Å². The number of likely N-dealkylation sites (N-methyl/N-ethyl adjacent to an activating group) is 1. The Morgan fingerprint density at radius 3 is 2.81 bits per heavy atom. The molecule has 2 N–H and O–H groups in total. The van der Waals surface area contributed by atoms with Crippen LogP contribution in [0.25, 0.3) is 11.3 Å². The minimum Gasteiger partial charge on any atom is -0.507 e. The van der Waals surface area contributed by atoms with Crippen molar-refractivity contribution in [3.8, 4) is 22.8 Å². The number of rotatable bonds is 5. The fourth-order valence-corrected chi connectivity index (χ4v) is 3.07. The van der Waals surface area contributed by atoms with E-state index in [9.17, 15) is 13.9 Å². The van der Waals surface area contributed by atoms with Gasteiger partial charge in [0.15, 0.2) is 0 Å². The first kappa shape index (κ1) is 18.2. The van der Waals surface area contributed by atoms with Crippen molar-refractivity contribution in [2.45, 2.75) is 32.4 Å². The Morgan fingerprint density at radius 1 is 1.35 bits per heavy atom. The van der Waals surface area contributed by atoms with Crippen molar-refractivity contribution in [2.24, 2.45) is 0 Å². The van der Waals surface area contributed by atoms with Gasteiger partial charge in [0, 0.05) is 24.2 Å². The van der Waals surface area contributed by atoms with Crippen molar-refractivity contribution >= 4 is 5.95 Å². The number of nitrogens with one attached hydrogen (secondary N) is 1. The predicted molar refractivity (Wildman–Crippen MR) is 92.4 cm³/mol. The van der Waals surface area contributed by atoms with Gasteiger partial charge in [0.05, 0.1) is 5.69 Å². The zero-order chi connectivity index (χ0) is 18.7. The van der Waals surface area contributed by atoms with E-state index in [1.807, 2.05) is 0 Å². The predicted octanol–water partition coefficient (Wildman–Crippen LogP) is 2.66. The smallest absolute Gasteiger partial charge is 0.387 e. The highest BCUT2D eigenvalue weighted by atomic mass is 19.3. The molecule has 0 spiro atoms. The molecule has 140 valence electrons. The van der Waals surface area contributed by atoms with Crippen LogP contribution in [0.4, 0.5) is 14.7 Å². The molecule has 0 amide bonds. The molecule has 9 heteroatoms. The third kappa shape index (κ3) is 4.34. The highest BCUT2D eigenvalue weighted by Crippen LogP contribution is 2.33. The molecule has 1 fully saturated rings. The van der Waals surface area contributed by atoms with Crippen molar-refractivity contribution in [1.29, 1.82) is 0 Å². The van der Waals surface area contributed by atoms with E-state index in [4.69, 9.17) is 0 Å². The van der Waals surface area contributed by atoms with Gasteiger partial charge in [-0.1, -0.05) is 0 Å². The summed E-state index contributed by atoms with van der Waals surface area (Å²) in [5.74, 6) is 0.0835. The minimum atomic E-state index is -2.95. The Balaban J connectivity index is 1.77. The van der Waals surface area contributed by atoms with Gasteiger partial charge in [-0.15, -0.1) is 10.2 Å². The topological polar surface area (TPSA) is 83.4 Å². The Morgan fingerprint density at radius 2 is 2.15 bits per heavy atom. The number of anilines is 1. The molecular weight excluding hydrogens is 344 g/mol. The molecule has 1 aliphatic heterocycles. The summed E-state index contributed by atoms with van der Waals surface area (Å²) < 4.78 is 28.8. The maximum Gasteiger partial charge on any atom is 0.387 e. The maximum atomic E-state index is 12.3. The normalized spacial score (nSPS) is 18.1. The average molecular weight is 365 g/mol. The lowest BCUT2D eigenvalue weighted by Crippen LogP contribution is -2.40. The van der Waals surface area contributed by atoms with Gasteiger partial charge in [0.2, 0.25) is 5.95 Å². The lowest BCUT2D eigenvalue weighted by Gasteiger charge is -2.30. The Bertz CT molecular complexity index is 775. The van der Waals surface area contributed by atoms with E-state index in [1.54, 1.807) is 6.92 Å².